The van der Waals surface area contributed by atoms with Gasteiger partial charge >= 0.3 is 0 Å². The van der Waals surface area contributed by atoms with Crippen molar-refractivity contribution in [2.45, 2.75) is 6.92 Å². The van der Waals surface area contributed by atoms with Gasteiger partial charge in [-0.1, -0.05) is 6.92 Å². The van der Waals surface area contributed by atoms with Gasteiger partial charge < -0.3 is 11.1 Å². The van der Waals surface area contributed by atoms with Gasteiger partial charge in [0.05, 0.1) is 5.56 Å². The second-order valence-electron chi connectivity index (χ2n) is 3.73. The lowest BCUT2D eigenvalue weighted by Crippen LogP contribution is -2.29. The van der Waals surface area contributed by atoms with E-state index in [1.54, 1.807) is 24.0 Å². The van der Waals surface area contributed by atoms with Gasteiger partial charge in [0.15, 0.2) is 0 Å². The fraction of sp³-hybridized carbons (Fsp3) is 0.455. The largest absolute Gasteiger partial charge is 0.398 e. The maximum Gasteiger partial charge on any atom is 0.254 e. The summed E-state index contributed by atoms with van der Waals surface area (Å²) in [7, 11) is 0. The Balaban J connectivity index is 2.50. The van der Waals surface area contributed by atoms with E-state index < -0.39 is 0 Å². The maximum atomic E-state index is 11.7. The van der Waals surface area contributed by atoms with Gasteiger partial charge in [0.1, 0.15) is 0 Å². The van der Waals surface area contributed by atoms with Gasteiger partial charge in [-0.15, -0.1) is 0 Å². The molecule has 0 saturated carbocycles. The molecule has 1 heterocycles. The zero-order chi connectivity index (χ0) is 12.0. The number of carbonyl (C=O) groups is 1. The number of hydrogen-bond donors (Lipinski definition) is 2. The average Bonchev–Trinajstić information content (AvgIpc) is 2.27. The summed E-state index contributed by atoms with van der Waals surface area (Å²) in [6, 6.07) is 1.63. The first kappa shape index (κ1) is 12.8. The number of thioether (sulfide) groups is 1. The highest BCUT2D eigenvalue weighted by molar-refractivity contribution is 7.98. The van der Waals surface area contributed by atoms with Crippen LogP contribution in [0.3, 0.4) is 0 Å². The van der Waals surface area contributed by atoms with E-state index in [9.17, 15) is 4.79 Å². The molecule has 0 aliphatic heterocycles. The zero-order valence-electron chi connectivity index (χ0n) is 9.56. The van der Waals surface area contributed by atoms with Crippen LogP contribution in [0.25, 0.3) is 0 Å². The van der Waals surface area contributed by atoms with Crippen LogP contribution in [0.2, 0.25) is 0 Å². The highest BCUT2D eigenvalue weighted by Crippen LogP contribution is 2.09. The highest BCUT2D eigenvalue weighted by Gasteiger charge is 2.10. The fourth-order valence-corrected chi connectivity index (χ4v) is 1.99. The molecule has 16 heavy (non-hydrogen) atoms. The first-order chi connectivity index (χ1) is 7.65. The minimum absolute atomic E-state index is 0.154. The van der Waals surface area contributed by atoms with Gasteiger partial charge in [-0.25, -0.2) is 0 Å². The predicted molar refractivity (Wildman–Crippen MR) is 68.5 cm³/mol. The number of nitrogens with zero attached hydrogens (tertiary/aromatic N) is 1. The van der Waals surface area contributed by atoms with Crippen molar-refractivity contribution >= 4 is 23.4 Å². The minimum Gasteiger partial charge on any atom is -0.398 e. The van der Waals surface area contributed by atoms with Crippen molar-refractivity contribution in [3.05, 3.63) is 24.0 Å². The zero-order valence-corrected chi connectivity index (χ0v) is 10.4. The summed E-state index contributed by atoms with van der Waals surface area (Å²) in [6.45, 7) is 2.76. The van der Waals surface area contributed by atoms with Gasteiger partial charge in [-0.3, -0.25) is 9.78 Å². The molecule has 1 atom stereocenters. The SMILES string of the molecule is CSCC(C)CNC(=O)c1cnccc1N. The van der Waals surface area contributed by atoms with E-state index in [0.29, 0.717) is 23.7 Å². The summed E-state index contributed by atoms with van der Waals surface area (Å²) in [5.74, 6) is 1.33. The Kier molecular flexibility index (Phi) is 5.11. The molecule has 4 nitrogen and oxygen atoms in total. The fourth-order valence-electron chi connectivity index (χ4n) is 1.30. The number of rotatable bonds is 5. The smallest absolute Gasteiger partial charge is 0.254 e. The number of hydrogen-bond acceptors (Lipinski definition) is 4. The second-order valence-corrected chi connectivity index (χ2v) is 4.64. The molecule has 0 aliphatic carbocycles. The van der Waals surface area contributed by atoms with Crippen LogP contribution < -0.4 is 11.1 Å². The Morgan fingerprint density at radius 1 is 1.69 bits per heavy atom. The van der Waals surface area contributed by atoms with Crippen molar-refractivity contribution in [2.75, 3.05) is 24.3 Å². The second kappa shape index (κ2) is 6.37. The van der Waals surface area contributed by atoms with Crippen molar-refractivity contribution in [3.63, 3.8) is 0 Å². The van der Waals surface area contributed by atoms with Crippen molar-refractivity contribution in [2.24, 2.45) is 5.92 Å². The van der Waals surface area contributed by atoms with Gasteiger partial charge in [0.2, 0.25) is 0 Å². The van der Waals surface area contributed by atoms with E-state index in [1.165, 1.54) is 6.20 Å². The number of amides is 1. The van der Waals surface area contributed by atoms with Crippen LogP contribution in [0.15, 0.2) is 18.5 Å². The molecule has 1 amide bonds. The van der Waals surface area contributed by atoms with Crippen molar-refractivity contribution in [1.29, 1.82) is 0 Å². The number of anilines is 1. The van der Waals surface area contributed by atoms with E-state index in [4.69, 9.17) is 5.73 Å². The number of nitrogens with one attached hydrogen (secondary N) is 1. The van der Waals surface area contributed by atoms with Crippen molar-refractivity contribution in [1.82, 2.24) is 10.3 Å². The summed E-state index contributed by atoms with van der Waals surface area (Å²) in [5.41, 5.74) is 6.59. The molecule has 0 radical (unpaired) electrons. The molecule has 0 aromatic carbocycles. The van der Waals surface area contributed by atoms with Crippen molar-refractivity contribution < 1.29 is 4.79 Å². The number of nitrogens with two attached hydrogens (primary N) is 1. The molecular formula is C11H17N3OS. The monoisotopic (exact) mass is 239 g/mol. The van der Waals surface area contributed by atoms with Crippen LogP contribution in [0, 0.1) is 5.92 Å². The van der Waals surface area contributed by atoms with E-state index >= 15 is 0 Å². The molecule has 3 N–H and O–H groups in total. The number of pyridine rings is 1. The van der Waals surface area contributed by atoms with E-state index in [-0.39, 0.29) is 5.91 Å². The maximum absolute atomic E-state index is 11.7. The molecule has 0 aliphatic rings. The van der Waals surface area contributed by atoms with Crippen LogP contribution in [0.1, 0.15) is 17.3 Å². The molecule has 1 rings (SSSR count). The van der Waals surface area contributed by atoms with E-state index in [1.807, 2.05) is 0 Å². The normalized spacial score (nSPS) is 12.1. The standard InChI is InChI=1S/C11H17N3OS/c1-8(7-16-2)5-14-11(15)9-6-13-4-3-10(9)12/h3-4,6,8H,5,7H2,1-2H3,(H2,12,13)(H,14,15). The molecule has 0 bridgehead atoms. The lowest BCUT2D eigenvalue weighted by molar-refractivity contribution is 0.0950. The number of aromatic nitrogens is 1. The third-order valence-electron chi connectivity index (χ3n) is 2.16. The first-order valence-electron chi connectivity index (χ1n) is 5.11. The molecule has 5 heteroatoms. The average molecular weight is 239 g/mol. The van der Waals surface area contributed by atoms with Crippen LogP contribution in [-0.4, -0.2) is 29.4 Å². The van der Waals surface area contributed by atoms with Gasteiger partial charge in [0.25, 0.3) is 5.91 Å². The summed E-state index contributed by atoms with van der Waals surface area (Å²) < 4.78 is 0. The van der Waals surface area contributed by atoms with Gasteiger partial charge in [-0.2, -0.15) is 11.8 Å². The third-order valence-corrected chi connectivity index (χ3v) is 3.06. The molecule has 1 unspecified atom stereocenters. The van der Waals surface area contributed by atoms with Crippen molar-refractivity contribution in [3.8, 4) is 0 Å². The molecule has 1 aromatic heterocycles. The quantitative estimate of drug-likeness (QED) is 0.815. The van der Waals surface area contributed by atoms with Gasteiger partial charge in [0, 0.05) is 24.6 Å². The highest BCUT2D eigenvalue weighted by atomic mass is 32.2. The number of nitrogen functional groups attached to an aromatic ring is 1. The van der Waals surface area contributed by atoms with E-state index in [0.717, 1.165) is 5.75 Å². The Labute approximate surface area is 100 Å². The lowest BCUT2D eigenvalue weighted by Gasteiger charge is -2.11. The molecule has 0 fully saturated rings. The summed E-state index contributed by atoms with van der Waals surface area (Å²) in [5, 5.41) is 2.85. The topological polar surface area (TPSA) is 68.0 Å². The van der Waals surface area contributed by atoms with Crippen LogP contribution >= 0.6 is 11.8 Å². The molecular weight excluding hydrogens is 222 g/mol. The molecule has 1 aromatic rings. The van der Waals surface area contributed by atoms with Gasteiger partial charge in [-0.05, 0) is 24.0 Å². The molecule has 0 spiro atoms. The first-order valence-corrected chi connectivity index (χ1v) is 6.51. The Bertz CT molecular complexity index is 357. The molecule has 88 valence electrons. The summed E-state index contributed by atoms with van der Waals surface area (Å²) in [6.07, 6.45) is 5.11. The Morgan fingerprint density at radius 2 is 2.44 bits per heavy atom. The minimum atomic E-state index is -0.154. The van der Waals surface area contributed by atoms with E-state index in [2.05, 4.69) is 23.5 Å². The Hall–Kier alpha value is -1.23. The lowest BCUT2D eigenvalue weighted by atomic mass is 10.2. The van der Waals surface area contributed by atoms with Crippen LogP contribution in [0.4, 0.5) is 5.69 Å². The van der Waals surface area contributed by atoms with Crippen LogP contribution in [-0.2, 0) is 0 Å². The number of carbonyl (C=O) groups excluding carboxylic acids is 1. The predicted octanol–water partition coefficient (Wildman–Crippen LogP) is 1.39. The molecule has 0 saturated heterocycles. The van der Waals surface area contributed by atoms with Crippen LogP contribution in [0.5, 0.6) is 0 Å². The third kappa shape index (κ3) is 3.73. The summed E-state index contributed by atoms with van der Waals surface area (Å²) >= 11 is 1.77. The summed E-state index contributed by atoms with van der Waals surface area (Å²) in [4.78, 5) is 15.6. The Morgan fingerprint density at radius 3 is 3.06 bits per heavy atom.